The second-order valence-corrected chi connectivity index (χ2v) is 7.24. The van der Waals surface area contributed by atoms with E-state index in [0.29, 0.717) is 26.1 Å². The van der Waals surface area contributed by atoms with Gasteiger partial charge in [-0.2, -0.15) is 0 Å². The molecule has 1 aliphatic rings. The Morgan fingerprint density at radius 3 is 2.25 bits per heavy atom. The van der Waals surface area contributed by atoms with Gasteiger partial charge in [-0.1, -0.05) is 19.1 Å². The van der Waals surface area contributed by atoms with Crippen LogP contribution in [0.2, 0.25) is 0 Å². The highest BCUT2D eigenvalue weighted by Gasteiger charge is 2.41. The van der Waals surface area contributed by atoms with Crippen molar-refractivity contribution >= 4 is 11.6 Å². The second kappa shape index (κ2) is 9.11. The van der Waals surface area contributed by atoms with Crippen LogP contribution in [0.3, 0.4) is 0 Å². The quantitative estimate of drug-likeness (QED) is 0.761. The van der Waals surface area contributed by atoms with Gasteiger partial charge in [0.05, 0.1) is 18.6 Å². The van der Waals surface area contributed by atoms with E-state index in [1.54, 1.807) is 7.11 Å². The van der Waals surface area contributed by atoms with E-state index in [9.17, 15) is 4.79 Å². The number of ether oxygens (including phenoxy) is 3. The molecule has 2 aromatic carbocycles. The molecule has 0 aromatic heterocycles. The van der Waals surface area contributed by atoms with Gasteiger partial charge in [-0.25, -0.2) is 0 Å². The highest BCUT2D eigenvalue weighted by molar-refractivity contribution is 5.99. The first-order valence-corrected chi connectivity index (χ1v) is 9.88. The zero-order valence-corrected chi connectivity index (χ0v) is 16.9. The number of benzene rings is 2. The van der Waals surface area contributed by atoms with E-state index in [-0.39, 0.29) is 12.0 Å². The van der Waals surface area contributed by atoms with Crippen LogP contribution in [-0.4, -0.2) is 32.3 Å². The standard InChI is InChI=1S/C23H29NO4/c1-4-17(2)28-21-11-7-19(8-12-21)24-22(25)23(13-15-27-16-14-23)18-5-9-20(26-3)10-6-18/h5-12,17H,4,13-16H2,1-3H3,(H,24,25). The minimum atomic E-state index is -0.601. The van der Waals surface area contributed by atoms with E-state index in [0.717, 1.165) is 29.2 Å². The first-order chi connectivity index (χ1) is 13.6. The predicted molar refractivity (Wildman–Crippen MR) is 110 cm³/mol. The Kier molecular flexibility index (Phi) is 6.57. The number of nitrogens with one attached hydrogen (secondary N) is 1. The fourth-order valence-corrected chi connectivity index (χ4v) is 3.46. The van der Waals surface area contributed by atoms with E-state index >= 15 is 0 Å². The van der Waals surface area contributed by atoms with E-state index < -0.39 is 5.41 Å². The second-order valence-electron chi connectivity index (χ2n) is 7.24. The Balaban J connectivity index is 1.78. The molecule has 5 heteroatoms. The summed E-state index contributed by atoms with van der Waals surface area (Å²) >= 11 is 0. The number of hydrogen-bond donors (Lipinski definition) is 1. The van der Waals surface area contributed by atoms with Crippen LogP contribution < -0.4 is 14.8 Å². The van der Waals surface area contributed by atoms with Gasteiger partial charge >= 0.3 is 0 Å². The van der Waals surface area contributed by atoms with E-state index in [2.05, 4.69) is 12.2 Å². The average molecular weight is 383 g/mol. The lowest BCUT2D eigenvalue weighted by atomic mass is 9.73. The lowest BCUT2D eigenvalue weighted by Crippen LogP contribution is -2.44. The maximum atomic E-state index is 13.3. The molecule has 1 atom stereocenters. The zero-order chi connectivity index (χ0) is 20.0. The number of anilines is 1. The first-order valence-electron chi connectivity index (χ1n) is 9.88. The molecule has 28 heavy (non-hydrogen) atoms. The third-order valence-electron chi connectivity index (χ3n) is 5.45. The summed E-state index contributed by atoms with van der Waals surface area (Å²) in [4.78, 5) is 13.3. The molecule has 5 nitrogen and oxygen atoms in total. The number of methoxy groups -OCH3 is 1. The van der Waals surface area contributed by atoms with Crippen molar-refractivity contribution < 1.29 is 19.0 Å². The van der Waals surface area contributed by atoms with Gasteiger partial charge in [0.2, 0.25) is 5.91 Å². The average Bonchev–Trinajstić information content (AvgIpc) is 2.75. The summed E-state index contributed by atoms with van der Waals surface area (Å²) in [5.41, 5.74) is 1.16. The maximum absolute atomic E-state index is 13.3. The molecule has 0 radical (unpaired) electrons. The van der Waals surface area contributed by atoms with E-state index in [1.807, 2.05) is 55.5 Å². The van der Waals surface area contributed by atoms with Crippen molar-refractivity contribution in [2.45, 2.75) is 44.6 Å². The molecular weight excluding hydrogens is 354 g/mol. The van der Waals surface area contributed by atoms with Crippen molar-refractivity contribution in [1.29, 1.82) is 0 Å². The monoisotopic (exact) mass is 383 g/mol. The molecule has 1 amide bonds. The zero-order valence-electron chi connectivity index (χ0n) is 16.9. The molecule has 3 rings (SSSR count). The summed E-state index contributed by atoms with van der Waals surface area (Å²) in [7, 11) is 1.64. The lowest BCUT2D eigenvalue weighted by molar-refractivity contribution is -0.125. The van der Waals surface area contributed by atoms with Gasteiger partial charge < -0.3 is 19.5 Å². The molecule has 0 bridgehead atoms. The third-order valence-corrected chi connectivity index (χ3v) is 5.45. The van der Waals surface area contributed by atoms with Crippen molar-refractivity contribution in [2.75, 3.05) is 25.6 Å². The molecule has 0 aliphatic carbocycles. The minimum Gasteiger partial charge on any atom is -0.497 e. The van der Waals surface area contributed by atoms with Crippen molar-refractivity contribution in [3.63, 3.8) is 0 Å². The fourth-order valence-electron chi connectivity index (χ4n) is 3.46. The molecule has 2 aromatic rings. The fraction of sp³-hybridized carbons (Fsp3) is 0.435. The largest absolute Gasteiger partial charge is 0.497 e. The van der Waals surface area contributed by atoms with Gasteiger partial charge in [-0.3, -0.25) is 4.79 Å². The predicted octanol–water partition coefficient (Wildman–Crippen LogP) is 4.56. The summed E-state index contributed by atoms with van der Waals surface area (Å²) in [5, 5.41) is 3.09. The van der Waals surface area contributed by atoms with Gasteiger partial charge in [0.15, 0.2) is 0 Å². The number of hydrogen-bond acceptors (Lipinski definition) is 4. The minimum absolute atomic E-state index is 0.00318. The van der Waals surface area contributed by atoms with E-state index in [4.69, 9.17) is 14.2 Å². The SMILES string of the molecule is CCC(C)Oc1ccc(NC(=O)C2(c3ccc(OC)cc3)CCOCC2)cc1. The van der Waals surface area contributed by atoms with Crippen LogP contribution in [-0.2, 0) is 14.9 Å². The summed E-state index contributed by atoms with van der Waals surface area (Å²) in [5.74, 6) is 1.59. The number of carbonyl (C=O) groups excluding carboxylic acids is 1. The summed E-state index contributed by atoms with van der Waals surface area (Å²) in [6.07, 6.45) is 2.42. The molecule has 150 valence electrons. The van der Waals surface area contributed by atoms with E-state index in [1.165, 1.54) is 0 Å². The van der Waals surface area contributed by atoms with Crippen LogP contribution in [0.4, 0.5) is 5.69 Å². The first kappa shape index (κ1) is 20.2. The molecule has 1 N–H and O–H groups in total. The van der Waals surface area contributed by atoms with Gasteiger partial charge in [0.1, 0.15) is 11.5 Å². The van der Waals surface area contributed by atoms with Gasteiger partial charge in [-0.05, 0) is 68.1 Å². The van der Waals surface area contributed by atoms with Crippen molar-refractivity contribution in [3.05, 3.63) is 54.1 Å². The Morgan fingerprint density at radius 1 is 1.07 bits per heavy atom. The normalized spacial score (nSPS) is 16.8. The molecule has 1 saturated heterocycles. The Bertz CT molecular complexity index is 764. The van der Waals surface area contributed by atoms with Gasteiger partial charge in [0.25, 0.3) is 0 Å². The maximum Gasteiger partial charge on any atom is 0.235 e. The molecular formula is C23H29NO4. The van der Waals surface area contributed by atoms with Crippen molar-refractivity contribution in [2.24, 2.45) is 0 Å². The van der Waals surface area contributed by atoms with Crippen molar-refractivity contribution in [3.8, 4) is 11.5 Å². The smallest absolute Gasteiger partial charge is 0.235 e. The van der Waals surface area contributed by atoms with Gasteiger partial charge in [-0.15, -0.1) is 0 Å². The lowest BCUT2D eigenvalue weighted by Gasteiger charge is -2.36. The number of carbonyl (C=O) groups is 1. The van der Waals surface area contributed by atoms with Crippen LogP contribution in [0.25, 0.3) is 0 Å². The molecule has 1 heterocycles. The molecule has 0 saturated carbocycles. The molecule has 1 fully saturated rings. The summed E-state index contributed by atoms with van der Waals surface area (Å²) in [6.45, 7) is 5.27. The Labute approximate surface area is 167 Å². The summed E-state index contributed by atoms with van der Waals surface area (Å²) in [6, 6.07) is 15.3. The van der Waals surface area contributed by atoms with Crippen molar-refractivity contribution in [1.82, 2.24) is 0 Å². The highest BCUT2D eigenvalue weighted by atomic mass is 16.5. The topological polar surface area (TPSA) is 56.8 Å². The van der Waals surface area contributed by atoms with Crippen LogP contribution in [0.1, 0.15) is 38.7 Å². The van der Waals surface area contributed by atoms with Gasteiger partial charge in [0, 0.05) is 18.9 Å². The highest BCUT2D eigenvalue weighted by Crippen LogP contribution is 2.37. The van der Waals surface area contributed by atoms with Crippen LogP contribution >= 0.6 is 0 Å². The summed E-state index contributed by atoms with van der Waals surface area (Å²) < 4.78 is 16.6. The number of amides is 1. The molecule has 1 unspecified atom stereocenters. The number of rotatable bonds is 7. The molecule has 1 aliphatic heterocycles. The Hall–Kier alpha value is -2.53. The molecule has 0 spiro atoms. The van der Waals surface area contributed by atoms with Crippen LogP contribution in [0.15, 0.2) is 48.5 Å². The van der Waals surface area contributed by atoms with Crippen LogP contribution in [0, 0.1) is 0 Å². The van der Waals surface area contributed by atoms with Crippen LogP contribution in [0.5, 0.6) is 11.5 Å². The third kappa shape index (κ3) is 4.47. The Morgan fingerprint density at radius 2 is 1.68 bits per heavy atom.